The summed E-state index contributed by atoms with van der Waals surface area (Å²) in [7, 11) is 0. The van der Waals surface area contributed by atoms with Crippen molar-refractivity contribution in [2.75, 3.05) is 6.61 Å². The number of halogens is 1. The first-order chi connectivity index (χ1) is 8.65. The summed E-state index contributed by atoms with van der Waals surface area (Å²) in [6, 6.07) is 14.4. The Morgan fingerprint density at radius 3 is 2.28 bits per heavy atom. The number of carbonyl (C=O) groups excluding carboxylic acids is 1. The van der Waals surface area contributed by atoms with Crippen molar-refractivity contribution in [3.05, 3.63) is 64.7 Å². The van der Waals surface area contributed by atoms with Gasteiger partial charge in [-0.25, -0.2) is 0 Å². The van der Waals surface area contributed by atoms with Gasteiger partial charge in [-0.1, -0.05) is 41.4 Å². The van der Waals surface area contributed by atoms with E-state index < -0.39 is 0 Å². The van der Waals surface area contributed by atoms with Crippen molar-refractivity contribution in [1.29, 1.82) is 0 Å². The Bertz CT molecular complexity index is 529. The third-order valence-electron chi connectivity index (χ3n) is 2.56. The molecule has 0 saturated heterocycles. The Kier molecular flexibility index (Phi) is 4.00. The van der Waals surface area contributed by atoms with Crippen LogP contribution in [0.3, 0.4) is 0 Å². The van der Waals surface area contributed by atoms with Crippen LogP contribution in [0.25, 0.3) is 0 Å². The van der Waals surface area contributed by atoms with Gasteiger partial charge in [0, 0.05) is 10.6 Å². The Balaban J connectivity index is 1.96. The summed E-state index contributed by atoms with van der Waals surface area (Å²) >= 11 is 5.76. The summed E-state index contributed by atoms with van der Waals surface area (Å²) < 4.78 is 5.40. The van der Waals surface area contributed by atoms with Gasteiger partial charge in [-0.3, -0.25) is 4.79 Å². The van der Waals surface area contributed by atoms with Gasteiger partial charge in [-0.2, -0.15) is 0 Å². The predicted octanol–water partition coefficient (Wildman–Crippen LogP) is 3.91. The molecule has 0 aliphatic rings. The molecule has 0 spiro atoms. The summed E-state index contributed by atoms with van der Waals surface area (Å²) in [6.45, 7) is 2.02. The first kappa shape index (κ1) is 12.7. The standard InChI is InChI=1S/C15H13ClO2/c1-11-2-4-12(5-3-11)15(17)10-18-14-8-6-13(16)7-9-14/h2-9H,10H2,1H3. The summed E-state index contributed by atoms with van der Waals surface area (Å²) in [5.74, 6) is 0.602. The van der Waals surface area contributed by atoms with Gasteiger partial charge in [0.05, 0.1) is 0 Å². The van der Waals surface area contributed by atoms with Crippen molar-refractivity contribution in [2.24, 2.45) is 0 Å². The Morgan fingerprint density at radius 1 is 1.06 bits per heavy atom. The molecule has 2 rings (SSSR count). The highest BCUT2D eigenvalue weighted by atomic mass is 35.5. The molecule has 0 aromatic heterocycles. The molecule has 0 N–H and O–H groups in total. The lowest BCUT2D eigenvalue weighted by atomic mass is 10.1. The molecule has 2 nitrogen and oxygen atoms in total. The maximum absolute atomic E-state index is 11.8. The van der Waals surface area contributed by atoms with Crippen LogP contribution in [0.5, 0.6) is 5.75 Å². The fourth-order valence-corrected chi connectivity index (χ4v) is 1.63. The number of benzene rings is 2. The summed E-state index contributed by atoms with van der Waals surface area (Å²) in [6.07, 6.45) is 0. The van der Waals surface area contributed by atoms with Crippen LogP contribution in [-0.4, -0.2) is 12.4 Å². The number of ether oxygens (including phenoxy) is 1. The second-order valence-corrected chi connectivity index (χ2v) is 4.47. The molecule has 0 radical (unpaired) electrons. The maximum Gasteiger partial charge on any atom is 0.200 e. The second kappa shape index (κ2) is 5.69. The minimum absolute atomic E-state index is 0.0324. The molecule has 0 atom stereocenters. The zero-order chi connectivity index (χ0) is 13.0. The van der Waals surface area contributed by atoms with E-state index in [0.717, 1.165) is 5.56 Å². The number of Topliss-reactive ketones (excluding diaryl/α,β-unsaturated/α-hetero) is 1. The lowest BCUT2D eigenvalue weighted by molar-refractivity contribution is 0.0921. The largest absolute Gasteiger partial charge is 0.485 e. The molecule has 0 unspecified atom stereocenters. The topological polar surface area (TPSA) is 26.3 Å². The summed E-state index contributed by atoms with van der Waals surface area (Å²) in [5, 5.41) is 0.646. The van der Waals surface area contributed by atoms with Crippen LogP contribution in [0.1, 0.15) is 15.9 Å². The molecular weight excluding hydrogens is 248 g/mol. The van der Waals surface area contributed by atoms with Crippen LogP contribution in [0.2, 0.25) is 5.02 Å². The van der Waals surface area contributed by atoms with Crippen LogP contribution >= 0.6 is 11.6 Å². The fourth-order valence-electron chi connectivity index (χ4n) is 1.50. The maximum atomic E-state index is 11.8. The summed E-state index contributed by atoms with van der Waals surface area (Å²) in [5.41, 5.74) is 1.79. The number of aryl methyl sites for hydroxylation is 1. The lowest BCUT2D eigenvalue weighted by Gasteiger charge is -2.05. The van der Waals surface area contributed by atoms with Gasteiger partial charge >= 0.3 is 0 Å². The highest BCUT2D eigenvalue weighted by Gasteiger charge is 2.06. The van der Waals surface area contributed by atoms with Crippen LogP contribution in [0.4, 0.5) is 0 Å². The zero-order valence-corrected chi connectivity index (χ0v) is 10.8. The van der Waals surface area contributed by atoms with Gasteiger partial charge in [0.2, 0.25) is 0 Å². The molecule has 0 aliphatic heterocycles. The van der Waals surface area contributed by atoms with Crippen molar-refractivity contribution in [2.45, 2.75) is 6.92 Å². The van der Waals surface area contributed by atoms with E-state index in [2.05, 4.69) is 0 Å². The van der Waals surface area contributed by atoms with E-state index in [1.165, 1.54) is 0 Å². The van der Waals surface area contributed by atoms with E-state index in [1.807, 2.05) is 31.2 Å². The van der Waals surface area contributed by atoms with Gasteiger partial charge in [-0.15, -0.1) is 0 Å². The number of hydrogen-bond donors (Lipinski definition) is 0. The first-order valence-corrected chi connectivity index (χ1v) is 6.01. The highest BCUT2D eigenvalue weighted by Crippen LogP contribution is 2.15. The van der Waals surface area contributed by atoms with E-state index in [0.29, 0.717) is 16.3 Å². The van der Waals surface area contributed by atoms with Crippen LogP contribution in [0.15, 0.2) is 48.5 Å². The second-order valence-electron chi connectivity index (χ2n) is 4.03. The number of rotatable bonds is 4. The Labute approximate surface area is 111 Å². The van der Waals surface area contributed by atoms with Crippen LogP contribution < -0.4 is 4.74 Å². The van der Waals surface area contributed by atoms with Crippen molar-refractivity contribution in [3.63, 3.8) is 0 Å². The Morgan fingerprint density at radius 2 is 1.67 bits per heavy atom. The average molecular weight is 261 g/mol. The average Bonchev–Trinajstić information content (AvgIpc) is 2.38. The molecule has 0 saturated carbocycles. The molecule has 3 heteroatoms. The molecular formula is C15H13ClO2. The van der Waals surface area contributed by atoms with Crippen LogP contribution in [0, 0.1) is 6.92 Å². The van der Waals surface area contributed by atoms with Crippen LogP contribution in [-0.2, 0) is 0 Å². The molecule has 0 aliphatic carbocycles. The number of carbonyl (C=O) groups is 1. The third-order valence-corrected chi connectivity index (χ3v) is 2.81. The van der Waals surface area contributed by atoms with E-state index in [9.17, 15) is 4.79 Å². The fraction of sp³-hybridized carbons (Fsp3) is 0.133. The van der Waals surface area contributed by atoms with Crippen molar-refractivity contribution in [1.82, 2.24) is 0 Å². The zero-order valence-electron chi connectivity index (χ0n) is 10.0. The summed E-state index contributed by atoms with van der Waals surface area (Å²) in [4.78, 5) is 11.8. The molecule has 0 fully saturated rings. The van der Waals surface area contributed by atoms with Crippen molar-refractivity contribution >= 4 is 17.4 Å². The molecule has 2 aromatic carbocycles. The van der Waals surface area contributed by atoms with E-state index in [4.69, 9.17) is 16.3 Å². The SMILES string of the molecule is Cc1ccc(C(=O)COc2ccc(Cl)cc2)cc1. The van der Waals surface area contributed by atoms with Gasteiger partial charge in [0.1, 0.15) is 5.75 Å². The third kappa shape index (κ3) is 3.34. The minimum atomic E-state index is -0.0371. The molecule has 0 amide bonds. The normalized spacial score (nSPS) is 10.1. The highest BCUT2D eigenvalue weighted by molar-refractivity contribution is 6.30. The quantitative estimate of drug-likeness (QED) is 0.779. The van der Waals surface area contributed by atoms with E-state index in [1.54, 1.807) is 24.3 Å². The van der Waals surface area contributed by atoms with Crippen molar-refractivity contribution in [3.8, 4) is 5.75 Å². The Hall–Kier alpha value is -1.80. The monoisotopic (exact) mass is 260 g/mol. The molecule has 2 aromatic rings. The molecule has 0 bridgehead atoms. The van der Waals surface area contributed by atoms with Crippen molar-refractivity contribution < 1.29 is 9.53 Å². The molecule has 92 valence electrons. The van der Waals surface area contributed by atoms with E-state index >= 15 is 0 Å². The van der Waals surface area contributed by atoms with Gasteiger partial charge in [0.15, 0.2) is 12.4 Å². The number of hydrogen-bond acceptors (Lipinski definition) is 2. The van der Waals surface area contributed by atoms with Gasteiger partial charge < -0.3 is 4.74 Å². The molecule has 0 heterocycles. The number of ketones is 1. The minimum Gasteiger partial charge on any atom is -0.485 e. The lowest BCUT2D eigenvalue weighted by Crippen LogP contribution is -2.11. The smallest absolute Gasteiger partial charge is 0.200 e. The predicted molar refractivity (Wildman–Crippen MR) is 72.5 cm³/mol. The molecule has 18 heavy (non-hydrogen) atoms. The van der Waals surface area contributed by atoms with E-state index in [-0.39, 0.29) is 12.4 Å². The van der Waals surface area contributed by atoms with Gasteiger partial charge in [0.25, 0.3) is 0 Å². The van der Waals surface area contributed by atoms with Gasteiger partial charge in [-0.05, 0) is 31.2 Å². The first-order valence-electron chi connectivity index (χ1n) is 5.63.